The van der Waals surface area contributed by atoms with Gasteiger partial charge in [-0.3, -0.25) is 4.90 Å². The summed E-state index contributed by atoms with van der Waals surface area (Å²) in [4.78, 5) is 25.8. The number of hydrogen-bond donors (Lipinski definition) is 0. The molecule has 0 aromatic heterocycles. The average molecular weight is 354 g/mol. The Kier molecular flexibility index (Phi) is 13.6. The van der Waals surface area contributed by atoms with Crippen molar-refractivity contribution in [2.45, 2.75) is 78.2 Å². The highest BCUT2D eigenvalue weighted by molar-refractivity contribution is 5.81. The molecular weight excluding hydrogens is 318 g/mol. The summed E-state index contributed by atoms with van der Waals surface area (Å²) in [5, 5.41) is 0. The second-order valence-corrected chi connectivity index (χ2v) is 6.76. The quantitative estimate of drug-likeness (QED) is 0.280. The van der Waals surface area contributed by atoms with Crippen LogP contribution in [-0.2, 0) is 14.3 Å². The van der Waals surface area contributed by atoms with Gasteiger partial charge >= 0.3 is 12.1 Å². The molecule has 5 nitrogen and oxygen atoms in total. The maximum Gasteiger partial charge on any atom is 0.410 e. The number of rotatable bonds is 13. The fourth-order valence-electron chi connectivity index (χ4n) is 2.44. The van der Waals surface area contributed by atoms with Gasteiger partial charge in [0, 0.05) is 13.5 Å². The lowest BCUT2D eigenvalue weighted by Crippen LogP contribution is -2.44. The lowest BCUT2D eigenvalue weighted by atomic mass is 10.0. The van der Waals surface area contributed by atoms with Gasteiger partial charge in [0.05, 0.1) is 6.61 Å². The number of esters is 1. The van der Waals surface area contributed by atoms with E-state index < -0.39 is 12.1 Å². The summed E-state index contributed by atoms with van der Waals surface area (Å²) in [6.07, 6.45) is 12.3. The van der Waals surface area contributed by atoms with E-state index in [9.17, 15) is 9.59 Å². The highest BCUT2D eigenvalue weighted by Gasteiger charge is 2.29. The smallest absolute Gasteiger partial charge is 0.410 e. The van der Waals surface area contributed by atoms with Crippen LogP contribution < -0.4 is 0 Å². The molecule has 0 aliphatic carbocycles. The van der Waals surface area contributed by atoms with Crippen LogP contribution in [0.15, 0.2) is 0 Å². The van der Waals surface area contributed by atoms with E-state index in [0.717, 1.165) is 12.8 Å². The van der Waals surface area contributed by atoms with E-state index in [0.29, 0.717) is 19.4 Å². The van der Waals surface area contributed by atoms with Crippen LogP contribution in [-0.4, -0.2) is 43.3 Å². The van der Waals surface area contributed by atoms with Gasteiger partial charge < -0.3 is 9.47 Å². The van der Waals surface area contributed by atoms with Gasteiger partial charge in [-0.2, -0.15) is 0 Å². The molecule has 144 valence electrons. The fraction of sp³-hybridized carbons (Fsp3) is 0.800. The van der Waals surface area contributed by atoms with Crippen molar-refractivity contribution < 1.29 is 19.1 Å². The van der Waals surface area contributed by atoms with Gasteiger partial charge in [-0.25, -0.2) is 9.59 Å². The Bertz CT molecular complexity index is 414. The molecule has 0 radical (unpaired) electrons. The summed E-state index contributed by atoms with van der Waals surface area (Å²) in [6.45, 7) is 6.75. The summed E-state index contributed by atoms with van der Waals surface area (Å²) in [5.74, 6) is 2.31. The number of carbonyl (C=O) groups excluding carboxylic acids is 2. The summed E-state index contributed by atoms with van der Waals surface area (Å²) in [7, 11) is 1.57. The second kappa shape index (κ2) is 14.6. The lowest BCUT2D eigenvalue weighted by Gasteiger charge is -2.27. The monoisotopic (exact) mass is 353 g/mol. The molecule has 0 heterocycles. The van der Waals surface area contributed by atoms with Crippen LogP contribution in [0.4, 0.5) is 4.79 Å². The average Bonchev–Trinajstić information content (AvgIpc) is 2.58. The molecule has 0 aliphatic heterocycles. The largest absolute Gasteiger partial charge is 0.464 e. The van der Waals surface area contributed by atoms with E-state index in [2.05, 4.69) is 12.8 Å². The van der Waals surface area contributed by atoms with Crippen LogP contribution in [0.25, 0.3) is 0 Å². The molecule has 0 unspecified atom stereocenters. The molecule has 1 amide bonds. The molecule has 0 fully saturated rings. The molecule has 0 rings (SSSR count). The molecule has 0 bridgehead atoms. The molecular formula is C20H35NO4. The van der Waals surface area contributed by atoms with Crippen molar-refractivity contribution >= 4 is 12.1 Å². The van der Waals surface area contributed by atoms with Crippen LogP contribution in [0.1, 0.15) is 72.1 Å². The highest BCUT2D eigenvalue weighted by atomic mass is 16.6. The molecule has 5 heteroatoms. The summed E-state index contributed by atoms with van der Waals surface area (Å²) in [5.41, 5.74) is 0. The first kappa shape index (κ1) is 23.3. The summed E-state index contributed by atoms with van der Waals surface area (Å²) in [6, 6.07) is -0.626. The van der Waals surface area contributed by atoms with E-state index in [1.807, 2.05) is 13.8 Å². The van der Waals surface area contributed by atoms with Crippen molar-refractivity contribution in [1.82, 2.24) is 4.90 Å². The molecule has 0 aliphatic rings. The Morgan fingerprint density at radius 1 is 1.04 bits per heavy atom. The van der Waals surface area contributed by atoms with Crippen LogP contribution in [0, 0.1) is 18.3 Å². The van der Waals surface area contributed by atoms with Gasteiger partial charge in [-0.05, 0) is 18.8 Å². The van der Waals surface area contributed by atoms with E-state index in [1.54, 1.807) is 7.05 Å². The van der Waals surface area contributed by atoms with Gasteiger partial charge in [0.25, 0.3) is 0 Å². The van der Waals surface area contributed by atoms with E-state index in [-0.39, 0.29) is 18.5 Å². The van der Waals surface area contributed by atoms with Crippen LogP contribution in [0.5, 0.6) is 0 Å². The topological polar surface area (TPSA) is 55.8 Å². The number of nitrogens with zero attached hydrogens (tertiary/aromatic N) is 1. The van der Waals surface area contributed by atoms with Crippen molar-refractivity contribution in [1.29, 1.82) is 0 Å². The maximum absolute atomic E-state index is 12.4. The molecule has 0 saturated carbocycles. The van der Waals surface area contributed by atoms with Gasteiger partial charge in [0.1, 0.15) is 12.6 Å². The van der Waals surface area contributed by atoms with Crippen LogP contribution in [0.3, 0.4) is 0 Å². The zero-order valence-electron chi connectivity index (χ0n) is 16.4. The number of unbranched alkanes of at least 4 members (excludes halogenated alkanes) is 5. The van der Waals surface area contributed by atoms with E-state index in [1.165, 1.54) is 30.6 Å². The van der Waals surface area contributed by atoms with Crippen molar-refractivity contribution in [2.24, 2.45) is 5.92 Å². The zero-order chi connectivity index (χ0) is 19.1. The first-order chi connectivity index (χ1) is 11.9. The molecule has 0 spiro atoms. The predicted molar refractivity (Wildman–Crippen MR) is 100 cm³/mol. The molecule has 0 aromatic carbocycles. The number of carbonyl (C=O) groups is 2. The molecule has 0 N–H and O–H groups in total. The molecule has 1 atom stereocenters. The van der Waals surface area contributed by atoms with Crippen molar-refractivity contribution in [2.75, 3.05) is 20.3 Å². The molecule has 0 saturated heterocycles. The number of amides is 1. The van der Waals surface area contributed by atoms with Gasteiger partial charge in [0.2, 0.25) is 0 Å². The Morgan fingerprint density at radius 3 is 2.28 bits per heavy atom. The van der Waals surface area contributed by atoms with E-state index in [4.69, 9.17) is 15.9 Å². The normalized spacial score (nSPS) is 11.7. The van der Waals surface area contributed by atoms with Gasteiger partial charge in [-0.15, -0.1) is 12.3 Å². The second-order valence-electron chi connectivity index (χ2n) is 6.76. The first-order valence-electron chi connectivity index (χ1n) is 9.43. The third-order valence-corrected chi connectivity index (χ3v) is 3.94. The first-order valence-corrected chi connectivity index (χ1v) is 9.43. The summed E-state index contributed by atoms with van der Waals surface area (Å²) < 4.78 is 10.5. The van der Waals surface area contributed by atoms with Crippen LogP contribution >= 0.6 is 0 Å². The standard InChI is InChI=1S/C20H35NO4/c1-6-8-10-11-12-13-15-24-19(22)18(16-17(3)4)21(5)20(23)25-14-9-7-2/h2,17-18H,6,8-16H2,1,3-5H3/t18-/m0/s1. The van der Waals surface area contributed by atoms with E-state index >= 15 is 0 Å². The molecule has 25 heavy (non-hydrogen) atoms. The summed E-state index contributed by atoms with van der Waals surface area (Å²) >= 11 is 0. The third-order valence-electron chi connectivity index (χ3n) is 3.94. The third kappa shape index (κ3) is 11.5. The Hall–Kier alpha value is -1.70. The number of likely N-dealkylation sites (N-methyl/N-ethyl adjacent to an activating group) is 1. The van der Waals surface area contributed by atoms with Gasteiger partial charge in [-0.1, -0.05) is 52.9 Å². The fourth-order valence-corrected chi connectivity index (χ4v) is 2.44. The van der Waals surface area contributed by atoms with Gasteiger partial charge in [0.15, 0.2) is 0 Å². The highest BCUT2D eigenvalue weighted by Crippen LogP contribution is 2.14. The van der Waals surface area contributed by atoms with Crippen molar-refractivity contribution in [3.05, 3.63) is 0 Å². The minimum absolute atomic E-state index is 0.154. The Labute approximate surface area is 153 Å². The van der Waals surface area contributed by atoms with Crippen molar-refractivity contribution in [3.63, 3.8) is 0 Å². The van der Waals surface area contributed by atoms with Crippen LogP contribution in [0.2, 0.25) is 0 Å². The minimum atomic E-state index is -0.626. The number of ether oxygens (including phenoxy) is 2. The minimum Gasteiger partial charge on any atom is -0.464 e. The van der Waals surface area contributed by atoms with Crippen molar-refractivity contribution in [3.8, 4) is 12.3 Å². The predicted octanol–water partition coefficient (Wildman–Crippen LogP) is 4.40. The lowest BCUT2D eigenvalue weighted by molar-refractivity contribution is -0.149. The maximum atomic E-state index is 12.4. The Balaban J connectivity index is 4.36. The Morgan fingerprint density at radius 2 is 1.68 bits per heavy atom. The SMILES string of the molecule is C#CCCOC(=O)N(C)[C@@H](CC(C)C)C(=O)OCCCCCCCC. The number of terminal acetylenes is 1. The zero-order valence-corrected chi connectivity index (χ0v) is 16.4. The number of hydrogen-bond acceptors (Lipinski definition) is 4. The molecule has 0 aromatic rings.